The van der Waals surface area contributed by atoms with Gasteiger partial charge < -0.3 is 9.80 Å². The van der Waals surface area contributed by atoms with E-state index in [1.807, 2.05) is 43.9 Å². The van der Waals surface area contributed by atoms with Crippen molar-refractivity contribution in [2.45, 2.75) is 27.2 Å². The van der Waals surface area contributed by atoms with E-state index in [2.05, 4.69) is 0 Å². The monoisotopic (exact) mass is 274 g/mol. The van der Waals surface area contributed by atoms with Gasteiger partial charge in [0.1, 0.15) is 0 Å². The molecule has 1 heterocycles. The summed E-state index contributed by atoms with van der Waals surface area (Å²) >= 11 is 0. The molecule has 1 fully saturated rings. The van der Waals surface area contributed by atoms with Crippen LogP contribution in [0.25, 0.3) is 0 Å². The fourth-order valence-electron chi connectivity index (χ4n) is 2.63. The van der Waals surface area contributed by atoms with Crippen molar-refractivity contribution in [3.05, 3.63) is 34.9 Å². The quantitative estimate of drug-likeness (QED) is 0.827. The molecular formula is C16H22N2O2. The van der Waals surface area contributed by atoms with E-state index in [4.69, 9.17) is 0 Å². The number of hydrogen-bond donors (Lipinski definition) is 0. The van der Waals surface area contributed by atoms with E-state index in [9.17, 15) is 9.59 Å². The molecule has 2 rings (SSSR count). The van der Waals surface area contributed by atoms with Gasteiger partial charge in [0.15, 0.2) is 0 Å². The van der Waals surface area contributed by atoms with Crippen LogP contribution in [0.3, 0.4) is 0 Å². The van der Waals surface area contributed by atoms with Gasteiger partial charge in [-0.15, -0.1) is 0 Å². The molecule has 1 saturated heterocycles. The zero-order chi connectivity index (χ0) is 14.7. The Morgan fingerprint density at radius 3 is 2.60 bits per heavy atom. The van der Waals surface area contributed by atoms with E-state index in [1.54, 1.807) is 4.90 Å². The molecule has 2 amide bonds. The molecule has 0 bridgehead atoms. The zero-order valence-corrected chi connectivity index (χ0v) is 12.5. The number of rotatable bonds is 2. The molecule has 0 aliphatic carbocycles. The van der Waals surface area contributed by atoms with E-state index < -0.39 is 0 Å². The van der Waals surface area contributed by atoms with Gasteiger partial charge in [0.2, 0.25) is 5.91 Å². The second-order valence-corrected chi connectivity index (χ2v) is 5.33. The van der Waals surface area contributed by atoms with Crippen molar-refractivity contribution in [1.82, 2.24) is 9.80 Å². The first-order chi connectivity index (χ1) is 9.52. The average Bonchev–Trinajstić information content (AvgIpc) is 2.60. The first-order valence-electron chi connectivity index (χ1n) is 7.17. The van der Waals surface area contributed by atoms with Crippen molar-refractivity contribution in [3.63, 3.8) is 0 Å². The Kier molecular flexibility index (Phi) is 4.42. The molecule has 0 N–H and O–H groups in total. The van der Waals surface area contributed by atoms with Crippen LogP contribution in [0.15, 0.2) is 18.2 Å². The number of hydrogen-bond acceptors (Lipinski definition) is 2. The fourth-order valence-corrected chi connectivity index (χ4v) is 2.63. The maximum Gasteiger partial charge on any atom is 0.254 e. The number of amides is 2. The van der Waals surface area contributed by atoms with Crippen molar-refractivity contribution in [1.29, 1.82) is 0 Å². The minimum Gasteiger partial charge on any atom is -0.341 e. The van der Waals surface area contributed by atoms with Gasteiger partial charge in [0.25, 0.3) is 5.91 Å². The minimum atomic E-state index is 0.0354. The van der Waals surface area contributed by atoms with Crippen LogP contribution in [0.2, 0.25) is 0 Å². The van der Waals surface area contributed by atoms with Gasteiger partial charge in [-0.3, -0.25) is 9.59 Å². The maximum atomic E-state index is 12.6. The van der Waals surface area contributed by atoms with Gasteiger partial charge in [-0.25, -0.2) is 0 Å². The molecule has 4 heteroatoms. The molecule has 1 aliphatic rings. The molecular weight excluding hydrogens is 252 g/mol. The van der Waals surface area contributed by atoms with Gasteiger partial charge >= 0.3 is 0 Å². The Balaban J connectivity index is 2.15. The van der Waals surface area contributed by atoms with Crippen molar-refractivity contribution < 1.29 is 9.59 Å². The highest BCUT2D eigenvalue weighted by Crippen LogP contribution is 2.15. The van der Waals surface area contributed by atoms with E-state index in [1.165, 1.54) is 0 Å². The van der Waals surface area contributed by atoms with Crippen LogP contribution in [0, 0.1) is 13.8 Å². The average molecular weight is 274 g/mol. The highest BCUT2D eigenvalue weighted by molar-refractivity contribution is 5.96. The van der Waals surface area contributed by atoms with Crippen molar-refractivity contribution in [2.24, 2.45) is 0 Å². The largest absolute Gasteiger partial charge is 0.341 e. The molecule has 0 unspecified atom stereocenters. The van der Waals surface area contributed by atoms with Crippen LogP contribution in [-0.2, 0) is 4.79 Å². The van der Waals surface area contributed by atoms with Crippen LogP contribution < -0.4 is 0 Å². The summed E-state index contributed by atoms with van der Waals surface area (Å²) < 4.78 is 0. The smallest absolute Gasteiger partial charge is 0.254 e. The number of benzene rings is 1. The summed E-state index contributed by atoms with van der Waals surface area (Å²) in [5.41, 5.74) is 2.90. The fraction of sp³-hybridized carbons (Fsp3) is 0.500. The topological polar surface area (TPSA) is 40.6 Å². The Morgan fingerprint density at radius 2 is 1.95 bits per heavy atom. The van der Waals surface area contributed by atoms with Crippen LogP contribution in [-0.4, -0.2) is 47.8 Å². The second-order valence-electron chi connectivity index (χ2n) is 5.33. The van der Waals surface area contributed by atoms with Crippen molar-refractivity contribution in [2.75, 3.05) is 26.2 Å². The van der Waals surface area contributed by atoms with E-state index in [0.717, 1.165) is 16.7 Å². The van der Waals surface area contributed by atoms with Crippen LogP contribution >= 0.6 is 0 Å². The summed E-state index contributed by atoms with van der Waals surface area (Å²) in [6.45, 7) is 8.43. The summed E-state index contributed by atoms with van der Waals surface area (Å²) in [6.07, 6.45) is 0.421. The van der Waals surface area contributed by atoms with Gasteiger partial charge in [-0.05, 0) is 32.4 Å². The lowest BCUT2D eigenvalue weighted by Crippen LogP contribution is -2.36. The lowest BCUT2D eigenvalue weighted by atomic mass is 10.0. The Bertz CT molecular complexity index is 525. The van der Waals surface area contributed by atoms with Crippen LogP contribution in [0.5, 0.6) is 0 Å². The van der Waals surface area contributed by atoms with Gasteiger partial charge in [-0.1, -0.05) is 17.7 Å². The van der Waals surface area contributed by atoms with Gasteiger partial charge in [0, 0.05) is 38.2 Å². The number of carbonyl (C=O) groups is 2. The van der Waals surface area contributed by atoms with Crippen LogP contribution in [0.1, 0.15) is 34.8 Å². The molecule has 0 aromatic heterocycles. The highest BCUT2D eigenvalue weighted by Gasteiger charge is 2.24. The SMILES string of the molecule is CCN1CCN(C(=O)c2ccc(C)cc2C)CCC1=O. The molecule has 0 atom stereocenters. The zero-order valence-electron chi connectivity index (χ0n) is 12.5. The summed E-state index contributed by atoms with van der Waals surface area (Å²) in [5.74, 6) is 0.177. The summed E-state index contributed by atoms with van der Waals surface area (Å²) in [5, 5.41) is 0. The second kappa shape index (κ2) is 6.07. The number of aryl methyl sites for hydroxylation is 2. The predicted molar refractivity (Wildman–Crippen MR) is 78.7 cm³/mol. The third-order valence-corrected chi connectivity index (χ3v) is 3.87. The Labute approximate surface area is 120 Å². The van der Waals surface area contributed by atoms with Gasteiger partial charge in [-0.2, -0.15) is 0 Å². The predicted octanol–water partition coefficient (Wildman–Crippen LogP) is 2.00. The standard InChI is InChI=1S/C16H22N2O2/c1-4-17-9-10-18(8-7-15(17)19)16(20)14-6-5-12(2)11-13(14)3/h5-6,11H,4,7-10H2,1-3H3. The first-order valence-corrected chi connectivity index (χ1v) is 7.17. The molecule has 0 radical (unpaired) electrons. The van der Waals surface area contributed by atoms with E-state index >= 15 is 0 Å². The molecule has 1 aromatic carbocycles. The first kappa shape index (κ1) is 14.6. The summed E-state index contributed by atoms with van der Waals surface area (Å²) in [4.78, 5) is 28.0. The molecule has 1 aromatic rings. The maximum absolute atomic E-state index is 12.6. The van der Waals surface area contributed by atoms with Crippen molar-refractivity contribution >= 4 is 11.8 Å². The number of carbonyl (C=O) groups excluding carboxylic acids is 2. The molecule has 1 aliphatic heterocycles. The number of likely N-dealkylation sites (N-methyl/N-ethyl adjacent to an activating group) is 1. The third-order valence-electron chi connectivity index (χ3n) is 3.87. The van der Waals surface area contributed by atoms with E-state index in [-0.39, 0.29) is 11.8 Å². The molecule has 4 nitrogen and oxygen atoms in total. The molecule has 0 spiro atoms. The highest BCUT2D eigenvalue weighted by atomic mass is 16.2. The summed E-state index contributed by atoms with van der Waals surface area (Å²) in [6, 6.07) is 5.87. The van der Waals surface area contributed by atoms with Crippen molar-refractivity contribution in [3.8, 4) is 0 Å². The lowest BCUT2D eigenvalue weighted by molar-refractivity contribution is -0.130. The van der Waals surface area contributed by atoms with E-state index in [0.29, 0.717) is 32.6 Å². The third kappa shape index (κ3) is 3.00. The van der Waals surface area contributed by atoms with Crippen LogP contribution in [0.4, 0.5) is 0 Å². The Morgan fingerprint density at radius 1 is 1.20 bits per heavy atom. The molecule has 108 valence electrons. The molecule has 20 heavy (non-hydrogen) atoms. The lowest BCUT2D eigenvalue weighted by Gasteiger charge is -2.22. The minimum absolute atomic E-state index is 0.0354. The number of nitrogens with zero attached hydrogens (tertiary/aromatic N) is 2. The normalized spacial score (nSPS) is 16.2. The molecule has 0 saturated carbocycles. The summed E-state index contributed by atoms with van der Waals surface area (Å²) in [7, 11) is 0. The Hall–Kier alpha value is -1.84. The van der Waals surface area contributed by atoms with Gasteiger partial charge in [0.05, 0.1) is 0 Å².